The SMILES string of the molecule is C=C1C=Cc2ccc(C)cc2O1. The Labute approximate surface area is 72.0 Å². The summed E-state index contributed by atoms with van der Waals surface area (Å²) >= 11 is 0. The number of fused-ring (bicyclic) bond motifs is 1. The highest BCUT2D eigenvalue weighted by Crippen LogP contribution is 2.27. The van der Waals surface area contributed by atoms with Gasteiger partial charge in [0.05, 0.1) is 0 Å². The number of aryl methyl sites for hydroxylation is 1. The molecule has 60 valence electrons. The van der Waals surface area contributed by atoms with Crippen molar-refractivity contribution in [2.75, 3.05) is 0 Å². The van der Waals surface area contributed by atoms with Gasteiger partial charge in [-0.3, -0.25) is 0 Å². The number of hydrogen-bond acceptors (Lipinski definition) is 1. The molecule has 12 heavy (non-hydrogen) atoms. The van der Waals surface area contributed by atoms with E-state index in [-0.39, 0.29) is 0 Å². The van der Waals surface area contributed by atoms with E-state index in [0.717, 1.165) is 11.3 Å². The molecule has 1 heterocycles. The molecule has 0 aliphatic carbocycles. The largest absolute Gasteiger partial charge is 0.457 e. The lowest BCUT2D eigenvalue weighted by Crippen LogP contribution is -1.97. The highest BCUT2D eigenvalue weighted by atomic mass is 16.5. The van der Waals surface area contributed by atoms with Gasteiger partial charge in [-0.1, -0.05) is 18.7 Å². The van der Waals surface area contributed by atoms with Crippen LogP contribution in [0.4, 0.5) is 0 Å². The van der Waals surface area contributed by atoms with Crippen molar-refractivity contribution in [2.45, 2.75) is 6.92 Å². The molecular formula is C11H10O. The maximum atomic E-state index is 5.43. The molecule has 0 unspecified atom stereocenters. The zero-order valence-electron chi connectivity index (χ0n) is 7.00. The summed E-state index contributed by atoms with van der Waals surface area (Å²) in [5, 5.41) is 0. The normalized spacial score (nSPS) is 13.9. The van der Waals surface area contributed by atoms with Gasteiger partial charge in [-0.05, 0) is 30.7 Å². The topological polar surface area (TPSA) is 9.23 Å². The number of hydrogen-bond donors (Lipinski definition) is 0. The molecule has 0 radical (unpaired) electrons. The number of rotatable bonds is 0. The van der Waals surface area contributed by atoms with E-state index >= 15 is 0 Å². The number of ether oxygens (including phenoxy) is 1. The first-order valence-electron chi connectivity index (χ1n) is 3.91. The first-order valence-corrected chi connectivity index (χ1v) is 3.91. The third-order valence-corrected chi connectivity index (χ3v) is 1.86. The van der Waals surface area contributed by atoms with E-state index < -0.39 is 0 Å². The molecule has 0 fully saturated rings. The second-order valence-electron chi connectivity index (χ2n) is 2.94. The Bertz CT molecular complexity index is 361. The van der Waals surface area contributed by atoms with Crippen LogP contribution in [0.15, 0.2) is 36.6 Å². The summed E-state index contributed by atoms with van der Waals surface area (Å²) in [5.41, 5.74) is 2.32. The summed E-state index contributed by atoms with van der Waals surface area (Å²) in [6.07, 6.45) is 3.89. The molecule has 1 aliphatic heterocycles. The molecule has 0 aromatic heterocycles. The molecule has 0 amide bonds. The summed E-state index contributed by atoms with van der Waals surface area (Å²) < 4.78 is 5.43. The van der Waals surface area contributed by atoms with Gasteiger partial charge >= 0.3 is 0 Å². The van der Waals surface area contributed by atoms with E-state index in [9.17, 15) is 0 Å². The maximum Gasteiger partial charge on any atom is 0.134 e. The van der Waals surface area contributed by atoms with E-state index in [1.54, 1.807) is 0 Å². The van der Waals surface area contributed by atoms with Crippen LogP contribution in [0.2, 0.25) is 0 Å². The number of allylic oxidation sites excluding steroid dienone is 1. The Balaban J connectivity index is 2.54. The molecule has 0 saturated heterocycles. The molecule has 0 bridgehead atoms. The molecule has 0 atom stereocenters. The Morgan fingerprint density at radius 1 is 1.25 bits per heavy atom. The minimum Gasteiger partial charge on any atom is -0.457 e. The molecular weight excluding hydrogens is 148 g/mol. The molecule has 0 saturated carbocycles. The fraction of sp³-hybridized carbons (Fsp3) is 0.0909. The van der Waals surface area contributed by atoms with Crippen molar-refractivity contribution >= 4 is 6.08 Å². The van der Waals surface area contributed by atoms with Crippen molar-refractivity contribution in [3.63, 3.8) is 0 Å². The van der Waals surface area contributed by atoms with E-state index in [4.69, 9.17) is 4.74 Å². The summed E-state index contributed by atoms with van der Waals surface area (Å²) in [7, 11) is 0. The summed E-state index contributed by atoms with van der Waals surface area (Å²) in [5.74, 6) is 1.61. The first-order chi connectivity index (χ1) is 5.75. The lowest BCUT2D eigenvalue weighted by atomic mass is 10.1. The van der Waals surface area contributed by atoms with Crippen molar-refractivity contribution in [1.29, 1.82) is 0 Å². The lowest BCUT2D eigenvalue weighted by molar-refractivity contribution is 0.442. The Hall–Kier alpha value is -1.50. The number of benzene rings is 1. The average Bonchev–Trinajstić information content (AvgIpc) is 2.03. The highest BCUT2D eigenvalue weighted by molar-refractivity contribution is 5.63. The van der Waals surface area contributed by atoms with Gasteiger partial charge in [-0.25, -0.2) is 0 Å². The molecule has 2 rings (SSSR count). The smallest absolute Gasteiger partial charge is 0.134 e. The summed E-state index contributed by atoms with van der Waals surface area (Å²) in [6, 6.07) is 6.14. The second kappa shape index (κ2) is 2.52. The van der Waals surface area contributed by atoms with Gasteiger partial charge in [0.25, 0.3) is 0 Å². The third-order valence-electron chi connectivity index (χ3n) is 1.86. The zero-order chi connectivity index (χ0) is 8.55. The van der Waals surface area contributed by atoms with Crippen LogP contribution in [0, 0.1) is 6.92 Å². The monoisotopic (exact) mass is 158 g/mol. The van der Waals surface area contributed by atoms with Gasteiger partial charge in [0, 0.05) is 5.56 Å². The second-order valence-corrected chi connectivity index (χ2v) is 2.94. The van der Waals surface area contributed by atoms with Crippen LogP contribution in [-0.4, -0.2) is 0 Å². The van der Waals surface area contributed by atoms with Crippen LogP contribution in [0.25, 0.3) is 6.08 Å². The summed E-state index contributed by atoms with van der Waals surface area (Å²) in [4.78, 5) is 0. The fourth-order valence-corrected chi connectivity index (χ4v) is 1.23. The third kappa shape index (κ3) is 1.14. The Morgan fingerprint density at radius 3 is 2.92 bits per heavy atom. The predicted molar refractivity (Wildman–Crippen MR) is 50.0 cm³/mol. The molecule has 1 aromatic rings. The van der Waals surface area contributed by atoms with Gasteiger partial charge in [-0.15, -0.1) is 0 Å². The zero-order valence-corrected chi connectivity index (χ0v) is 7.00. The van der Waals surface area contributed by atoms with Crippen molar-refractivity contribution in [2.24, 2.45) is 0 Å². The van der Waals surface area contributed by atoms with Crippen molar-refractivity contribution in [3.8, 4) is 5.75 Å². The quantitative estimate of drug-likeness (QED) is 0.564. The molecule has 0 spiro atoms. The van der Waals surface area contributed by atoms with Crippen molar-refractivity contribution in [3.05, 3.63) is 47.7 Å². The van der Waals surface area contributed by atoms with E-state index in [2.05, 4.69) is 12.6 Å². The van der Waals surface area contributed by atoms with E-state index in [1.165, 1.54) is 5.56 Å². The fourth-order valence-electron chi connectivity index (χ4n) is 1.23. The highest BCUT2D eigenvalue weighted by Gasteiger charge is 2.06. The van der Waals surface area contributed by atoms with Crippen molar-refractivity contribution < 1.29 is 4.74 Å². The van der Waals surface area contributed by atoms with Gasteiger partial charge in [0.1, 0.15) is 11.5 Å². The standard InChI is InChI=1S/C11H10O/c1-8-3-5-10-6-4-9(2)12-11(10)7-8/h3-7H,2H2,1H3. The molecule has 1 nitrogen and oxygen atoms in total. The van der Waals surface area contributed by atoms with Gasteiger partial charge in [0.15, 0.2) is 0 Å². The van der Waals surface area contributed by atoms with E-state index in [0.29, 0.717) is 5.76 Å². The Morgan fingerprint density at radius 2 is 2.08 bits per heavy atom. The van der Waals surface area contributed by atoms with Crippen LogP contribution in [0.3, 0.4) is 0 Å². The predicted octanol–water partition coefficient (Wildman–Crippen LogP) is 2.91. The average molecular weight is 158 g/mol. The van der Waals surface area contributed by atoms with E-state index in [1.807, 2.05) is 31.2 Å². The van der Waals surface area contributed by atoms with Crippen LogP contribution >= 0.6 is 0 Å². The molecule has 1 aromatic carbocycles. The van der Waals surface area contributed by atoms with Gasteiger partial charge in [0.2, 0.25) is 0 Å². The maximum absolute atomic E-state index is 5.43. The lowest BCUT2D eigenvalue weighted by Gasteiger charge is -2.13. The van der Waals surface area contributed by atoms with Crippen LogP contribution in [0.1, 0.15) is 11.1 Å². The molecule has 0 N–H and O–H groups in total. The minimum absolute atomic E-state index is 0.702. The molecule has 1 aliphatic rings. The first kappa shape index (κ1) is 7.17. The van der Waals surface area contributed by atoms with Gasteiger partial charge < -0.3 is 4.74 Å². The van der Waals surface area contributed by atoms with Crippen LogP contribution in [-0.2, 0) is 0 Å². The molecule has 1 heteroatoms. The van der Waals surface area contributed by atoms with Crippen molar-refractivity contribution in [1.82, 2.24) is 0 Å². The minimum atomic E-state index is 0.702. The van der Waals surface area contributed by atoms with Gasteiger partial charge in [-0.2, -0.15) is 0 Å². The van der Waals surface area contributed by atoms with Crippen LogP contribution < -0.4 is 4.74 Å². The summed E-state index contributed by atoms with van der Waals surface area (Å²) in [6.45, 7) is 5.78. The Kier molecular flexibility index (Phi) is 1.51. The van der Waals surface area contributed by atoms with Crippen LogP contribution in [0.5, 0.6) is 5.75 Å².